The van der Waals surface area contributed by atoms with Crippen molar-refractivity contribution in [2.24, 2.45) is 18.4 Å². The number of hydrogen-bond donors (Lipinski definition) is 2. The summed E-state index contributed by atoms with van der Waals surface area (Å²) in [6, 6.07) is 10.4. The largest absolute Gasteiger partial charge is 0.359 e. The molecule has 2 heterocycles. The van der Waals surface area contributed by atoms with Gasteiger partial charge in [-0.25, -0.2) is 0 Å². The van der Waals surface area contributed by atoms with Crippen molar-refractivity contribution in [1.29, 1.82) is 0 Å². The highest BCUT2D eigenvalue weighted by Gasteiger charge is 2.57. The van der Waals surface area contributed by atoms with Crippen molar-refractivity contribution in [3.8, 4) is 0 Å². The first-order chi connectivity index (χ1) is 13.9. The molecule has 0 spiro atoms. The van der Waals surface area contributed by atoms with Crippen molar-refractivity contribution in [2.75, 3.05) is 20.1 Å². The maximum atomic E-state index is 12.9. The summed E-state index contributed by atoms with van der Waals surface area (Å²) in [5.74, 6) is 0.229. The van der Waals surface area contributed by atoms with Gasteiger partial charge in [0.1, 0.15) is 0 Å². The molecule has 154 valence electrons. The molecular weight excluding hydrogens is 366 g/mol. The second-order valence-corrected chi connectivity index (χ2v) is 8.46. The summed E-state index contributed by atoms with van der Waals surface area (Å²) in [7, 11) is 3.53. The standard InChI is InChI=1S/C22H29N5O2/c1-15-19(11-24-26(15)3)20(28)25-18-9-17-13-27(12-16-7-5-4-6-8-16)14-22(17,10-18)21(29)23-2/h4-8,11,17-18H,9-10,12-14H2,1-3H3,(H,23,29)(H,25,28)/t17-,18-,22-/m0/s1. The number of likely N-dealkylation sites (tertiary alicyclic amines) is 1. The van der Waals surface area contributed by atoms with E-state index in [4.69, 9.17) is 0 Å². The lowest BCUT2D eigenvalue weighted by atomic mass is 9.80. The number of hydrogen-bond acceptors (Lipinski definition) is 4. The van der Waals surface area contributed by atoms with Gasteiger partial charge in [-0.15, -0.1) is 0 Å². The molecule has 0 unspecified atom stereocenters. The molecule has 3 atom stereocenters. The maximum absolute atomic E-state index is 12.9. The van der Waals surface area contributed by atoms with Gasteiger partial charge in [-0.3, -0.25) is 19.2 Å². The third-order valence-corrected chi connectivity index (χ3v) is 6.69. The van der Waals surface area contributed by atoms with E-state index in [1.54, 1.807) is 17.9 Å². The molecule has 1 saturated heterocycles. The van der Waals surface area contributed by atoms with E-state index in [-0.39, 0.29) is 23.8 Å². The molecular formula is C22H29N5O2. The molecule has 1 aromatic carbocycles. The summed E-state index contributed by atoms with van der Waals surface area (Å²) >= 11 is 0. The average molecular weight is 396 g/mol. The number of amides is 2. The Morgan fingerprint density at radius 2 is 2.03 bits per heavy atom. The van der Waals surface area contributed by atoms with Gasteiger partial charge in [-0.2, -0.15) is 5.10 Å². The van der Waals surface area contributed by atoms with Crippen LogP contribution in [0.3, 0.4) is 0 Å². The predicted molar refractivity (Wildman–Crippen MR) is 110 cm³/mol. The zero-order chi connectivity index (χ0) is 20.6. The monoisotopic (exact) mass is 395 g/mol. The second-order valence-electron chi connectivity index (χ2n) is 8.46. The minimum atomic E-state index is -0.439. The lowest BCUT2D eigenvalue weighted by molar-refractivity contribution is -0.131. The highest BCUT2D eigenvalue weighted by molar-refractivity contribution is 5.95. The molecule has 1 saturated carbocycles. The maximum Gasteiger partial charge on any atom is 0.254 e. The van der Waals surface area contributed by atoms with Gasteiger partial charge in [0, 0.05) is 45.5 Å². The van der Waals surface area contributed by atoms with Crippen molar-refractivity contribution in [3.05, 3.63) is 53.3 Å². The average Bonchev–Trinajstić information content (AvgIpc) is 3.33. The molecule has 2 amide bonds. The van der Waals surface area contributed by atoms with Gasteiger partial charge in [-0.1, -0.05) is 30.3 Å². The third kappa shape index (κ3) is 3.55. The number of fused-ring (bicyclic) bond motifs is 1. The van der Waals surface area contributed by atoms with Gasteiger partial charge in [0.05, 0.1) is 17.2 Å². The molecule has 4 rings (SSSR count). The Bertz CT molecular complexity index is 909. The highest BCUT2D eigenvalue weighted by Crippen LogP contribution is 2.49. The minimum absolute atomic E-state index is 0.00304. The van der Waals surface area contributed by atoms with Crippen LogP contribution in [0.4, 0.5) is 0 Å². The van der Waals surface area contributed by atoms with E-state index in [1.165, 1.54) is 5.56 Å². The Hall–Kier alpha value is -2.67. The number of benzene rings is 1. The predicted octanol–water partition coefficient (Wildman–Crippen LogP) is 1.49. The summed E-state index contributed by atoms with van der Waals surface area (Å²) in [4.78, 5) is 28.0. The summed E-state index contributed by atoms with van der Waals surface area (Å²) in [6.07, 6.45) is 3.11. The SMILES string of the molecule is CNC(=O)[C@]12C[C@@H](NC(=O)c3cnn(C)c3C)C[C@H]1CN(Cc1ccccc1)C2. The van der Waals surface area contributed by atoms with Crippen molar-refractivity contribution in [3.63, 3.8) is 0 Å². The third-order valence-electron chi connectivity index (χ3n) is 6.69. The first-order valence-electron chi connectivity index (χ1n) is 10.2. The molecule has 2 aliphatic rings. The molecule has 29 heavy (non-hydrogen) atoms. The summed E-state index contributed by atoms with van der Waals surface area (Å²) in [6.45, 7) is 4.34. The van der Waals surface area contributed by atoms with Gasteiger partial charge in [0.25, 0.3) is 5.91 Å². The van der Waals surface area contributed by atoms with Crippen LogP contribution < -0.4 is 10.6 Å². The zero-order valence-electron chi connectivity index (χ0n) is 17.3. The molecule has 2 N–H and O–H groups in total. The van der Waals surface area contributed by atoms with Gasteiger partial charge < -0.3 is 10.6 Å². The second kappa shape index (κ2) is 7.63. The summed E-state index contributed by atoms with van der Waals surface area (Å²) < 4.78 is 1.70. The number of aryl methyl sites for hydroxylation is 1. The highest BCUT2D eigenvalue weighted by atomic mass is 16.2. The van der Waals surface area contributed by atoms with E-state index in [9.17, 15) is 9.59 Å². The molecule has 2 aromatic rings. The fourth-order valence-electron chi connectivity index (χ4n) is 5.13. The first-order valence-corrected chi connectivity index (χ1v) is 10.2. The number of carbonyl (C=O) groups is 2. The molecule has 1 aliphatic heterocycles. The van der Waals surface area contributed by atoms with Gasteiger partial charge in [0.2, 0.25) is 5.91 Å². The van der Waals surface area contributed by atoms with E-state index in [0.717, 1.165) is 31.7 Å². The number of aromatic nitrogens is 2. The van der Waals surface area contributed by atoms with Crippen LogP contribution in [-0.4, -0.2) is 52.7 Å². The molecule has 7 nitrogen and oxygen atoms in total. The zero-order valence-corrected chi connectivity index (χ0v) is 17.3. The Labute approximate surface area is 171 Å². The topological polar surface area (TPSA) is 79.3 Å². The minimum Gasteiger partial charge on any atom is -0.359 e. The Morgan fingerprint density at radius 1 is 1.28 bits per heavy atom. The van der Waals surface area contributed by atoms with Crippen LogP contribution in [0, 0.1) is 18.3 Å². The molecule has 0 radical (unpaired) electrons. The molecule has 7 heteroatoms. The van der Waals surface area contributed by atoms with Crippen LogP contribution in [0.25, 0.3) is 0 Å². The molecule has 0 bridgehead atoms. The van der Waals surface area contributed by atoms with E-state index in [2.05, 4.69) is 32.8 Å². The van der Waals surface area contributed by atoms with Crippen molar-refractivity contribution in [1.82, 2.24) is 25.3 Å². The number of carbonyl (C=O) groups excluding carboxylic acids is 2. The Balaban J connectivity index is 1.46. The molecule has 2 fully saturated rings. The van der Waals surface area contributed by atoms with Crippen LogP contribution in [-0.2, 0) is 18.4 Å². The lowest BCUT2D eigenvalue weighted by Gasteiger charge is -2.27. The van der Waals surface area contributed by atoms with Crippen LogP contribution in [0.2, 0.25) is 0 Å². The fourth-order valence-corrected chi connectivity index (χ4v) is 5.13. The van der Waals surface area contributed by atoms with Crippen molar-refractivity contribution in [2.45, 2.75) is 32.4 Å². The van der Waals surface area contributed by atoms with E-state index >= 15 is 0 Å². The first kappa shape index (κ1) is 19.6. The smallest absolute Gasteiger partial charge is 0.254 e. The normalized spacial score (nSPS) is 26.3. The number of rotatable bonds is 5. The number of nitrogens with one attached hydrogen (secondary N) is 2. The number of nitrogens with zero attached hydrogens (tertiary/aromatic N) is 3. The van der Waals surface area contributed by atoms with E-state index in [1.807, 2.05) is 32.2 Å². The van der Waals surface area contributed by atoms with Gasteiger partial charge >= 0.3 is 0 Å². The van der Waals surface area contributed by atoms with Crippen LogP contribution in [0.1, 0.15) is 34.5 Å². The summed E-state index contributed by atoms with van der Waals surface area (Å²) in [5, 5.41) is 10.2. The lowest BCUT2D eigenvalue weighted by Crippen LogP contribution is -2.44. The van der Waals surface area contributed by atoms with E-state index in [0.29, 0.717) is 12.0 Å². The summed E-state index contributed by atoms with van der Waals surface area (Å²) in [5.41, 5.74) is 2.27. The molecule has 1 aliphatic carbocycles. The Morgan fingerprint density at radius 3 is 2.69 bits per heavy atom. The van der Waals surface area contributed by atoms with Crippen molar-refractivity contribution >= 4 is 11.8 Å². The Kier molecular flexibility index (Phi) is 5.17. The van der Waals surface area contributed by atoms with Gasteiger partial charge in [0.15, 0.2) is 0 Å². The fraction of sp³-hybridized carbons (Fsp3) is 0.500. The van der Waals surface area contributed by atoms with Crippen LogP contribution in [0.15, 0.2) is 36.5 Å². The quantitative estimate of drug-likeness (QED) is 0.804. The van der Waals surface area contributed by atoms with E-state index < -0.39 is 5.41 Å². The van der Waals surface area contributed by atoms with Crippen LogP contribution >= 0.6 is 0 Å². The van der Waals surface area contributed by atoms with Gasteiger partial charge in [-0.05, 0) is 31.2 Å². The van der Waals surface area contributed by atoms with Crippen LogP contribution in [0.5, 0.6) is 0 Å². The van der Waals surface area contributed by atoms with Crippen molar-refractivity contribution < 1.29 is 9.59 Å². The molecule has 1 aromatic heterocycles.